The molecular weight excluding hydrogens is 206 g/mol. The third-order valence-electron chi connectivity index (χ3n) is 2.64. The van der Waals surface area contributed by atoms with Gasteiger partial charge in [0.15, 0.2) is 0 Å². The number of unbranched alkanes of at least 4 members (excludes halogenated alkanes) is 1. The molecule has 0 aromatic heterocycles. The molecule has 0 spiro atoms. The second-order valence-electron chi connectivity index (χ2n) is 4.64. The van der Waals surface area contributed by atoms with Crippen molar-refractivity contribution in [2.45, 2.75) is 50.8 Å². The van der Waals surface area contributed by atoms with Crippen LogP contribution in [0.5, 0.6) is 0 Å². The molecule has 0 rings (SSSR count). The molecular formula is C12H27NOS. The minimum absolute atomic E-state index is 0.318. The summed E-state index contributed by atoms with van der Waals surface area (Å²) in [5.41, 5.74) is 0. The zero-order valence-corrected chi connectivity index (χ0v) is 11.7. The van der Waals surface area contributed by atoms with Crippen LogP contribution in [0.4, 0.5) is 0 Å². The molecule has 0 saturated carbocycles. The Hall–Kier alpha value is 0.270. The van der Waals surface area contributed by atoms with E-state index in [2.05, 4.69) is 32.3 Å². The Morgan fingerprint density at radius 3 is 2.53 bits per heavy atom. The van der Waals surface area contributed by atoms with E-state index in [-0.39, 0.29) is 0 Å². The summed E-state index contributed by atoms with van der Waals surface area (Å²) < 4.78 is 5.55. The van der Waals surface area contributed by atoms with Gasteiger partial charge in [-0.05, 0) is 26.5 Å². The molecule has 0 aliphatic carbocycles. The number of ether oxygens (including phenoxy) is 1. The van der Waals surface area contributed by atoms with Crippen molar-refractivity contribution in [2.75, 3.05) is 26.5 Å². The maximum Gasteiger partial charge on any atom is 0.0615 e. The quantitative estimate of drug-likeness (QED) is 0.661. The average Bonchev–Trinajstić information content (AvgIpc) is 2.22. The lowest BCUT2D eigenvalue weighted by molar-refractivity contribution is 0.160. The van der Waals surface area contributed by atoms with Crippen molar-refractivity contribution in [1.82, 2.24) is 5.32 Å². The molecule has 1 atom stereocenters. The summed E-state index contributed by atoms with van der Waals surface area (Å²) in [4.78, 5) is 0. The summed E-state index contributed by atoms with van der Waals surface area (Å²) in [6.45, 7) is 8.65. The second-order valence-corrected chi connectivity index (χ2v) is 6.15. The monoisotopic (exact) mass is 233 g/mol. The molecule has 0 amide bonds. The Kier molecular flexibility index (Phi) is 8.58. The van der Waals surface area contributed by atoms with E-state index in [0.29, 0.717) is 10.8 Å². The summed E-state index contributed by atoms with van der Waals surface area (Å²) >= 11 is 1.91. The Balaban J connectivity index is 3.83. The molecule has 0 aliphatic heterocycles. The molecule has 0 saturated heterocycles. The second kappa shape index (κ2) is 8.43. The van der Waals surface area contributed by atoms with Crippen LogP contribution in [-0.2, 0) is 4.74 Å². The highest BCUT2D eigenvalue weighted by Crippen LogP contribution is 2.20. The van der Waals surface area contributed by atoms with Crippen LogP contribution < -0.4 is 5.32 Å². The Bertz CT molecular complexity index is 151. The molecule has 0 bridgehead atoms. The van der Waals surface area contributed by atoms with Crippen LogP contribution in [0.3, 0.4) is 0 Å². The number of rotatable bonds is 9. The molecule has 0 aromatic rings. The third-order valence-corrected chi connectivity index (χ3v) is 3.89. The van der Waals surface area contributed by atoms with Gasteiger partial charge < -0.3 is 10.1 Å². The van der Waals surface area contributed by atoms with E-state index in [9.17, 15) is 0 Å². The van der Waals surface area contributed by atoms with Crippen LogP contribution in [0.1, 0.15) is 40.0 Å². The van der Waals surface area contributed by atoms with Gasteiger partial charge in [0, 0.05) is 24.4 Å². The van der Waals surface area contributed by atoms with Gasteiger partial charge in [-0.2, -0.15) is 11.8 Å². The lowest BCUT2D eigenvalue weighted by atomic mass is 10.1. The lowest BCUT2D eigenvalue weighted by Crippen LogP contribution is -2.41. The first-order valence-electron chi connectivity index (χ1n) is 5.83. The smallest absolute Gasteiger partial charge is 0.0615 e. The largest absolute Gasteiger partial charge is 0.383 e. The summed E-state index contributed by atoms with van der Waals surface area (Å²) in [6, 6.07) is 0.515. The van der Waals surface area contributed by atoms with Gasteiger partial charge in [-0.3, -0.25) is 0 Å². The molecule has 0 fully saturated rings. The molecule has 3 heteroatoms. The van der Waals surface area contributed by atoms with Gasteiger partial charge in [-0.1, -0.05) is 19.8 Å². The highest BCUT2D eigenvalue weighted by Gasteiger charge is 2.17. The van der Waals surface area contributed by atoms with Gasteiger partial charge in [-0.25, -0.2) is 0 Å². The molecule has 0 aromatic carbocycles. The van der Waals surface area contributed by atoms with Gasteiger partial charge in [0.25, 0.3) is 0 Å². The van der Waals surface area contributed by atoms with E-state index in [4.69, 9.17) is 4.74 Å². The van der Waals surface area contributed by atoms with Crippen LogP contribution in [0.25, 0.3) is 0 Å². The van der Waals surface area contributed by atoms with Gasteiger partial charge in [0.2, 0.25) is 0 Å². The first-order chi connectivity index (χ1) is 7.05. The number of thioether (sulfide) groups is 1. The zero-order chi connectivity index (χ0) is 11.7. The van der Waals surface area contributed by atoms with Gasteiger partial charge in [0.1, 0.15) is 0 Å². The number of nitrogens with one attached hydrogen (secondary N) is 1. The van der Waals surface area contributed by atoms with E-state index in [1.807, 2.05) is 11.8 Å². The first kappa shape index (κ1) is 15.3. The predicted molar refractivity (Wildman–Crippen MR) is 70.8 cm³/mol. The molecule has 1 N–H and O–H groups in total. The van der Waals surface area contributed by atoms with Crippen molar-refractivity contribution in [3.8, 4) is 0 Å². The highest BCUT2D eigenvalue weighted by molar-refractivity contribution is 7.99. The van der Waals surface area contributed by atoms with Crippen molar-refractivity contribution < 1.29 is 4.74 Å². The fraction of sp³-hybridized carbons (Fsp3) is 1.00. The number of hydrogen-bond donors (Lipinski definition) is 1. The third kappa shape index (κ3) is 8.12. The van der Waals surface area contributed by atoms with Crippen LogP contribution in [0.15, 0.2) is 0 Å². The fourth-order valence-electron chi connectivity index (χ4n) is 1.36. The van der Waals surface area contributed by atoms with Crippen molar-refractivity contribution >= 4 is 11.8 Å². The van der Waals surface area contributed by atoms with E-state index in [0.717, 1.165) is 13.2 Å². The molecule has 0 aliphatic rings. The van der Waals surface area contributed by atoms with E-state index < -0.39 is 0 Å². The molecule has 92 valence electrons. The summed E-state index contributed by atoms with van der Waals surface area (Å²) in [6.07, 6.45) is 5.92. The maximum atomic E-state index is 5.23. The lowest BCUT2D eigenvalue weighted by Gasteiger charge is -2.26. The summed E-state index contributed by atoms with van der Waals surface area (Å²) in [5.74, 6) is 0. The molecule has 0 heterocycles. The summed E-state index contributed by atoms with van der Waals surface area (Å²) in [7, 11) is 1.78. The van der Waals surface area contributed by atoms with E-state index >= 15 is 0 Å². The average molecular weight is 233 g/mol. The fourth-order valence-corrected chi connectivity index (χ4v) is 1.59. The van der Waals surface area contributed by atoms with Crippen molar-refractivity contribution in [3.63, 3.8) is 0 Å². The van der Waals surface area contributed by atoms with Gasteiger partial charge >= 0.3 is 0 Å². The topological polar surface area (TPSA) is 21.3 Å². The van der Waals surface area contributed by atoms with Crippen molar-refractivity contribution in [1.29, 1.82) is 0 Å². The summed E-state index contributed by atoms with van der Waals surface area (Å²) in [5, 5.41) is 3.60. The molecule has 0 radical (unpaired) electrons. The van der Waals surface area contributed by atoms with Crippen LogP contribution >= 0.6 is 11.8 Å². The zero-order valence-electron chi connectivity index (χ0n) is 10.9. The minimum atomic E-state index is 0.318. The first-order valence-corrected chi connectivity index (χ1v) is 7.05. The Labute approximate surface area is 99.5 Å². The molecule has 15 heavy (non-hydrogen) atoms. The Morgan fingerprint density at radius 2 is 2.07 bits per heavy atom. The highest BCUT2D eigenvalue weighted by atomic mass is 32.2. The standard InChI is InChI=1S/C12H27NOS/c1-6-7-8-11(9-14-4)13-10-12(2,3)15-5/h11,13H,6-10H2,1-5H3. The molecule has 2 nitrogen and oxygen atoms in total. The maximum absolute atomic E-state index is 5.23. The number of methoxy groups -OCH3 is 1. The predicted octanol–water partition coefficient (Wildman–Crippen LogP) is 2.92. The van der Waals surface area contributed by atoms with Crippen LogP contribution in [0.2, 0.25) is 0 Å². The van der Waals surface area contributed by atoms with Crippen molar-refractivity contribution in [3.05, 3.63) is 0 Å². The Morgan fingerprint density at radius 1 is 1.40 bits per heavy atom. The SMILES string of the molecule is CCCCC(COC)NCC(C)(C)SC. The van der Waals surface area contributed by atoms with Crippen LogP contribution in [-0.4, -0.2) is 37.3 Å². The van der Waals surface area contributed by atoms with E-state index in [1.165, 1.54) is 19.3 Å². The normalized spacial score (nSPS) is 14.2. The molecule has 1 unspecified atom stereocenters. The number of hydrogen-bond acceptors (Lipinski definition) is 3. The van der Waals surface area contributed by atoms with Gasteiger partial charge in [0.05, 0.1) is 6.61 Å². The minimum Gasteiger partial charge on any atom is -0.383 e. The van der Waals surface area contributed by atoms with Crippen molar-refractivity contribution in [2.24, 2.45) is 0 Å². The van der Waals surface area contributed by atoms with E-state index in [1.54, 1.807) is 7.11 Å². The van der Waals surface area contributed by atoms with Gasteiger partial charge in [-0.15, -0.1) is 0 Å². The van der Waals surface area contributed by atoms with Crippen LogP contribution in [0, 0.1) is 0 Å².